The number of carbonyl (C=O) groups is 1. The minimum atomic E-state index is -0.143. The molecule has 15 heavy (non-hydrogen) atoms. The van der Waals surface area contributed by atoms with E-state index in [2.05, 4.69) is 40.1 Å². The summed E-state index contributed by atoms with van der Waals surface area (Å²) in [5.41, 5.74) is 7.04. The fourth-order valence-corrected chi connectivity index (χ4v) is 1.76. The number of hydrogen-bond donors (Lipinski definition) is 2. The molecule has 0 aliphatic rings. The second kappa shape index (κ2) is 5.41. The van der Waals surface area contributed by atoms with E-state index in [0.29, 0.717) is 5.56 Å². The molecule has 0 atom stereocenters. The van der Waals surface area contributed by atoms with Gasteiger partial charge in [0.1, 0.15) is 0 Å². The number of rotatable bonds is 3. The van der Waals surface area contributed by atoms with Crippen molar-refractivity contribution in [2.24, 2.45) is 5.73 Å². The number of carbonyl (C=O) groups excluding carboxylic acids is 1. The monoisotopic (exact) mass is 334 g/mol. The van der Waals surface area contributed by atoms with Crippen LogP contribution in [0.25, 0.3) is 0 Å². The highest BCUT2D eigenvalue weighted by atomic mass is 127. The molecule has 1 amide bonds. The van der Waals surface area contributed by atoms with Gasteiger partial charge < -0.3 is 11.1 Å². The summed E-state index contributed by atoms with van der Waals surface area (Å²) >= 11 is 6.84. The van der Waals surface area contributed by atoms with Gasteiger partial charge >= 0.3 is 0 Å². The van der Waals surface area contributed by atoms with Crippen molar-refractivity contribution in [1.29, 1.82) is 0 Å². The molecule has 0 aromatic heterocycles. The van der Waals surface area contributed by atoms with Crippen molar-refractivity contribution in [3.8, 4) is 0 Å². The molecule has 0 spiro atoms. The summed E-state index contributed by atoms with van der Waals surface area (Å²) in [5.74, 6) is -0.143. The van der Waals surface area contributed by atoms with Crippen molar-refractivity contribution < 1.29 is 4.79 Å². The SMILES string of the molecule is Cc1cccc(C(=O)NCC(N)=S)c1I. The summed E-state index contributed by atoms with van der Waals surface area (Å²) in [6, 6.07) is 5.60. The quantitative estimate of drug-likeness (QED) is 0.652. The topological polar surface area (TPSA) is 55.1 Å². The molecule has 0 aliphatic heterocycles. The van der Waals surface area contributed by atoms with Crippen LogP contribution >= 0.6 is 34.8 Å². The molecule has 0 saturated carbocycles. The molecule has 3 nitrogen and oxygen atoms in total. The lowest BCUT2D eigenvalue weighted by atomic mass is 10.1. The van der Waals surface area contributed by atoms with Gasteiger partial charge in [0.15, 0.2) is 0 Å². The van der Waals surface area contributed by atoms with Crippen LogP contribution in [0.5, 0.6) is 0 Å². The van der Waals surface area contributed by atoms with Crippen LogP contribution < -0.4 is 11.1 Å². The van der Waals surface area contributed by atoms with Crippen LogP contribution in [-0.4, -0.2) is 17.4 Å². The van der Waals surface area contributed by atoms with Crippen LogP contribution in [0.2, 0.25) is 0 Å². The summed E-state index contributed by atoms with van der Waals surface area (Å²) in [6.45, 7) is 2.20. The van der Waals surface area contributed by atoms with E-state index in [-0.39, 0.29) is 17.4 Å². The zero-order valence-electron chi connectivity index (χ0n) is 8.21. The number of aryl methyl sites for hydroxylation is 1. The normalized spacial score (nSPS) is 9.73. The third-order valence-electron chi connectivity index (χ3n) is 1.86. The summed E-state index contributed by atoms with van der Waals surface area (Å²) in [6.07, 6.45) is 0. The average molecular weight is 334 g/mol. The average Bonchev–Trinajstić information content (AvgIpc) is 2.18. The van der Waals surface area contributed by atoms with Crippen molar-refractivity contribution >= 4 is 45.7 Å². The molecule has 1 aromatic rings. The van der Waals surface area contributed by atoms with Crippen LogP contribution in [0.4, 0.5) is 0 Å². The molecule has 0 saturated heterocycles. The fraction of sp³-hybridized carbons (Fsp3) is 0.200. The van der Waals surface area contributed by atoms with E-state index in [0.717, 1.165) is 9.13 Å². The number of halogens is 1. The maximum Gasteiger partial charge on any atom is 0.252 e. The van der Waals surface area contributed by atoms with Gasteiger partial charge in [0.2, 0.25) is 0 Å². The molecule has 0 fully saturated rings. The van der Waals surface area contributed by atoms with Crippen molar-refractivity contribution in [3.05, 3.63) is 32.9 Å². The van der Waals surface area contributed by atoms with Crippen molar-refractivity contribution in [2.45, 2.75) is 6.92 Å². The molecule has 0 bridgehead atoms. The van der Waals surface area contributed by atoms with E-state index < -0.39 is 0 Å². The third kappa shape index (κ3) is 3.42. The Balaban J connectivity index is 2.82. The lowest BCUT2D eigenvalue weighted by Gasteiger charge is -2.07. The highest BCUT2D eigenvalue weighted by Crippen LogP contribution is 2.16. The minimum Gasteiger partial charge on any atom is -0.392 e. The van der Waals surface area contributed by atoms with Crippen molar-refractivity contribution in [2.75, 3.05) is 6.54 Å². The van der Waals surface area contributed by atoms with Gasteiger partial charge in [-0.1, -0.05) is 24.4 Å². The first-order valence-electron chi connectivity index (χ1n) is 4.34. The third-order valence-corrected chi connectivity index (χ3v) is 3.44. The maximum absolute atomic E-state index is 11.7. The van der Waals surface area contributed by atoms with E-state index in [1.807, 2.05) is 19.1 Å². The predicted octanol–water partition coefficient (Wildman–Crippen LogP) is 1.62. The van der Waals surface area contributed by atoms with Crippen LogP contribution in [0.3, 0.4) is 0 Å². The molecule has 3 N–H and O–H groups in total. The van der Waals surface area contributed by atoms with Gasteiger partial charge in [-0.05, 0) is 41.1 Å². The number of benzene rings is 1. The largest absolute Gasteiger partial charge is 0.392 e. The van der Waals surface area contributed by atoms with E-state index >= 15 is 0 Å². The zero-order valence-corrected chi connectivity index (χ0v) is 11.2. The molecule has 0 unspecified atom stereocenters. The van der Waals surface area contributed by atoms with E-state index in [4.69, 9.17) is 5.73 Å². The summed E-state index contributed by atoms with van der Waals surface area (Å²) < 4.78 is 0.954. The Morgan fingerprint density at radius 1 is 1.60 bits per heavy atom. The van der Waals surface area contributed by atoms with Gasteiger partial charge in [-0.3, -0.25) is 4.79 Å². The minimum absolute atomic E-state index is 0.143. The number of hydrogen-bond acceptors (Lipinski definition) is 2. The fourth-order valence-electron chi connectivity index (χ4n) is 1.09. The first-order valence-corrected chi connectivity index (χ1v) is 5.82. The van der Waals surface area contributed by atoms with Gasteiger partial charge in [0.05, 0.1) is 17.1 Å². The lowest BCUT2D eigenvalue weighted by molar-refractivity contribution is 0.0958. The van der Waals surface area contributed by atoms with Crippen LogP contribution in [0.15, 0.2) is 18.2 Å². The number of amides is 1. The van der Waals surface area contributed by atoms with Gasteiger partial charge in [0.25, 0.3) is 5.91 Å². The molecular formula is C10H11IN2OS. The van der Waals surface area contributed by atoms with Crippen LogP contribution in [-0.2, 0) is 0 Å². The Morgan fingerprint density at radius 3 is 2.87 bits per heavy atom. The second-order valence-electron chi connectivity index (χ2n) is 3.09. The van der Waals surface area contributed by atoms with Crippen molar-refractivity contribution in [1.82, 2.24) is 5.32 Å². The van der Waals surface area contributed by atoms with E-state index in [1.165, 1.54) is 0 Å². The summed E-state index contributed by atoms with van der Waals surface area (Å²) in [5, 5.41) is 2.66. The number of nitrogens with one attached hydrogen (secondary N) is 1. The first-order chi connectivity index (χ1) is 7.02. The Labute approximate surface area is 108 Å². The van der Waals surface area contributed by atoms with Crippen molar-refractivity contribution in [3.63, 3.8) is 0 Å². The molecule has 0 heterocycles. The zero-order chi connectivity index (χ0) is 11.4. The number of thiocarbonyl (C=S) groups is 1. The van der Waals surface area contributed by atoms with Gasteiger partial charge in [-0.25, -0.2) is 0 Å². The molecule has 5 heteroatoms. The Bertz CT molecular complexity index is 406. The van der Waals surface area contributed by atoms with Gasteiger partial charge in [-0.2, -0.15) is 0 Å². The van der Waals surface area contributed by atoms with Crippen LogP contribution in [0, 0.1) is 10.5 Å². The Morgan fingerprint density at radius 2 is 2.27 bits per heavy atom. The lowest BCUT2D eigenvalue weighted by Crippen LogP contribution is -2.32. The predicted molar refractivity (Wildman–Crippen MR) is 73.0 cm³/mol. The van der Waals surface area contributed by atoms with Crippen LogP contribution in [0.1, 0.15) is 15.9 Å². The second-order valence-corrected chi connectivity index (χ2v) is 4.69. The molecule has 1 rings (SSSR count). The molecule has 80 valence electrons. The Kier molecular flexibility index (Phi) is 4.46. The molecular weight excluding hydrogens is 323 g/mol. The molecule has 1 aromatic carbocycles. The highest BCUT2D eigenvalue weighted by Gasteiger charge is 2.10. The van der Waals surface area contributed by atoms with E-state index in [1.54, 1.807) is 6.07 Å². The number of nitrogens with two attached hydrogens (primary N) is 1. The Hall–Kier alpha value is -0.690. The van der Waals surface area contributed by atoms with E-state index in [9.17, 15) is 4.79 Å². The molecule has 0 radical (unpaired) electrons. The maximum atomic E-state index is 11.7. The highest BCUT2D eigenvalue weighted by molar-refractivity contribution is 14.1. The summed E-state index contributed by atoms with van der Waals surface area (Å²) in [4.78, 5) is 12.0. The smallest absolute Gasteiger partial charge is 0.252 e. The van der Waals surface area contributed by atoms with Gasteiger partial charge in [0, 0.05) is 3.57 Å². The summed E-state index contributed by atoms with van der Waals surface area (Å²) in [7, 11) is 0. The standard InChI is InChI=1S/C10H11IN2OS/c1-6-3-2-4-7(9(6)11)10(14)13-5-8(12)15/h2-4H,5H2,1H3,(H2,12,15)(H,13,14). The molecule has 0 aliphatic carbocycles. The first kappa shape index (κ1) is 12.4. The van der Waals surface area contributed by atoms with Gasteiger partial charge in [-0.15, -0.1) is 0 Å².